The largest absolute Gasteiger partial charge is 0.497 e. The summed E-state index contributed by atoms with van der Waals surface area (Å²) in [6.45, 7) is 4.07. The van der Waals surface area contributed by atoms with E-state index in [0.29, 0.717) is 22.5 Å². The summed E-state index contributed by atoms with van der Waals surface area (Å²) in [5.41, 5.74) is 5.87. The molecule has 0 aliphatic heterocycles. The minimum Gasteiger partial charge on any atom is -0.497 e. The lowest BCUT2D eigenvalue weighted by molar-refractivity contribution is 0.415. The van der Waals surface area contributed by atoms with Crippen molar-refractivity contribution in [3.8, 4) is 22.8 Å². The van der Waals surface area contributed by atoms with Crippen molar-refractivity contribution < 1.29 is 9.15 Å². The lowest BCUT2D eigenvalue weighted by Crippen LogP contribution is -2.01. The van der Waals surface area contributed by atoms with Crippen molar-refractivity contribution in [3.05, 3.63) is 106 Å². The highest BCUT2D eigenvalue weighted by Crippen LogP contribution is 2.29. The quantitative estimate of drug-likeness (QED) is 0.296. The van der Waals surface area contributed by atoms with E-state index >= 15 is 0 Å². The van der Waals surface area contributed by atoms with Crippen molar-refractivity contribution in [1.29, 1.82) is 0 Å². The molecule has 0 amide bonds. The van der Waals surface area contributed by atoms with Gasteiger partial charge >= 0.3 is 0 Å². The molecule has 0 saturated carbocycles. The maximum atomic E-state index is 12.7. The molecule has 0 bridgehead atoms. The number of rotatable bonds is 5. The summed E-state index contributed by atoms with van der Waals surface area (Å²) >= 11 is 0. The Morgan fingerprint density at radius 2 is 1.70 bits per heavy atom. The molecule has 0 fully saturated rings. The SMILES string of the molecule is COc1ccc2oc(-c3ccc(Nc4cc(C)c5c(C)nn(-c6ccccc6)c5n4)cc3)cc(=O)c2c1. The molecule has 0 radical (unpaired) electrons. The van der Waals surface area contributed by atoms with Crippen LogP contribution in [0.3, 0.4) is 0 Å². The van der Waals surface area contributed by atoms with E-state index in [1.54, 1.807) is 25.3 Å². The Labute approximate surface area is 213 Å². The van der Waals surface area contributed by atoms with Gasteiger partial charge in [-0.3, -0.25) is 4.79 Å². The van der Waals surface area contributed by atoms with Crippen LogP contribution in [0.5, 0.6) is 5.75 Å². The average molecular weight is 489 g/mol. The number of aromatic nitrogens is 3. The van der Waals surface area contributed by atoms with Crippen LogP contribution in [0.2, 0.25) is 0 Å². The standard InChI is InChI=1S/C30H24N4O3/c1-18-15-28(32-30-29(18)19(2)33-34(30)22-7-5-4-6-8-22)31-21-11-9-20(10-12-21)27-17-25(35)24-16-23(36-3)13-14-26(24)37-27/h4-17H,1-3H3,(H,31,32). The summed E-state index contributed by atoms with van der Waals surface area (Å²) in [6.07, 6.45) is 0. The molecule has 1 N–H and O–H groups in total. The molecule has 182 valence electrons. The number of hydrogen-bond acceptors (Lipinski definition) is 6. The molecule has 3 aromatic carbocycles. The van der Waals surface area contributed by atoms with E-state index in [-0.39, 0.29) is 5.43 Å². The van der Waals surface area contributed by atoms with Crippen molar-refractivity contribution in [2.24, 2.45) is 0 Å². The van der Waals surface area contributed by atoms with Crippen LogP contribution in [0.15, 0.2) is 94.1 Å². The number of methoxy groups -OCH3 is 1. The third kappa shape index (κ3) is 4.10. The molecule has 3 heterocycles. The molecule has 0 aliphatic carbocycles. The molecule has 0 unspecified atom stereocenters. The second-order valence-corrected chi connectivity index (χ2v) is 8.90. The van der Waals surface area contributed by atoms with Crippen molar-refractivity contribution in [2.45, 2.75) is 13.8 Å². The molecule has 0 saturated heterocycles. The molecule has 7 heteroatoms. The highest BCUT2D eigenvalue weighted by molar-refractivity contribution is 5.86. The smallest absolute Gasteiger partial charge is 0.193 e. The van der Waals surface area contributed by atoms with E-state index in [0.717, 1.165) is 45.0 Å². The first-order valence-corrected chi connectivity index (χ1v) is 11.9. The Morgan fingerprint density at radius 1 is 0.919 bits per heavy atom. The van der Waals surface area contributed by atoms with Crippen LogP contribution in [-0.4, -0.2) is 21.9 Å². The summed E-state index contributed by atoms with van der Waals surface area (Å²) in [6, 6.07) is 26.5. The number of fused-ring (bicyclic) bond motifs is 2. The van der Waals surface area contributed by atoms with Gasteiger partial charge in [-0.1, -0.05) is 18.2 Å². The highest BCUT2D eigenvalue weighted by Gasteiger charge is 2.15. The van der Waals surface area contributed by atoms with Crippen LogP contribution in [0.25, 0.3) is 39.0 Å². The van der Waals surface area contributed by atoms with Gasteiger partial charge in [0.05, 0.1) is 23.9 Å². The zero-order chi connectivity index (χ0) is 25.5. The first-order chi connectivity index (χ1) is 18.0. The summed E-state index contributed by atoms with van der Waals surface area (Å²) in [5.74, 6) is 1.85. The zero-order valence-corrected chi connectivity index (χ0v) is 20.6. The van der Waals surface area contributed by atoms with Crippen LogP contribution in [0, 0.1) is 13.8 Å². The van der Waals surface area contributed by atoms with Crippen LogP contribution in [0.1, 0.15) is 11.3 Å². The number of nitrogens with zero attached hydrogens (tertiary/aromatic N) is 3. The van der Waals surface area contributed by atoms with Crippen LogP contribution < -0.4 is 15.5 Å². The zero-order valence-electron chi connectivity index (χ0n) is 20.6. The minimum atomic E-state index is -0.115. The summed E-state index contributed by atoms with van der Waals surface area (Å²) in [7, 11) is 1.57. The molecule has 6 aromatic rings. The maximum absolute atomic E-state index is 12.7. The fraction of sp³-hybridized carbons (Fsp3) is 0.100. The Morgan fingerprint density at radius 3 is 2.46 bits per heavy atom. The van der Waals surface area contributed by atoms with Gasteiger partial charge in [0, 0.05) is 22.7 Å². The van der Waals surface area contributed by atoms with Crippen LogP contribution >= 0.6 is 0 Å². The van der Waals surface area contributed by atoms with E-state index in [2.05, 4.69) is 12.2 Å². The molecule has 0 atom stereocenters. The second kappa shape index (κ2) is 8.95. The Hall–Kier alpha value is -4.91. The van der Waals surface area contributed by atoms with Crippen molar-refractivity contribution >= 4 is 33.5 Å². The molecule has 0 spiro atoms. The molecule has 3 aromatic heterocycles. The van der Waals surface area contributed by atoms with Crippen LogP contribution in [0.4, 0.5) is 11.5 Å². The molecule has 6 rings (SSSR count). The van der Waals surface area contributed by atoms with Gasteiger partial charge in [0.1, 0.15) is 22.9 Å². The van der Waals surface area contributed by atoms with E-state index in [1.165, 1.54) is 6.07 Å². The van der Waals surface area contributed by atoms with Gasteiger partial charge < -0.3 is 14.5 Å². The van der Waals surface area contributed by atoms with Gasteiger partial charge in [-0.05, 0) is 80.1 Å². The van der Waals surface area contributed by atoms with Gasteiger partial charge in [0.15, 0.2) is 11.1 Å². The third-order valence-corrected chi connectivity index (χ3v) is 6.39. The number of ether oxygens (including phenoxy) is 1. The number of nitrogens with one attached hydrogen (secondary N) is 1. The third-order valence-electron chi connectivity index (χ3n) is 6.39. The predicted octanol–water partition coefficient (Wildman–Crippen LogP) is 6.56. The van der Waals surface area contributed by atoms with Crippen LogP contribution in [-0.2, 0) is 0 Å². The minimum absolute atomic E-state index is 0.115. The number of pyridine rings is 1. The average Bonchev–Trinajstić information content (AvgIpc) is 3.26. The summed E-state index contributed by atoms with van der Waals surface area (Å²) < 4.78 is 13.1. The number of anilines is 2. The Kier molecular flexibility index (Phi) is 5.45. The first kappa shape index (κ1) is 22.5. The van der Waals surface area contributed by atoms with Gasteiger partial charge in [-0.2, -0.15) is 5.10 Å². The molecular formula is C30H24N4O3. The fourth-order valence-electron chi connectivity index (χ4n) is 4.59. The number of aryl methyl sites for hydroxylation is 2. The lowest BCUT2D eigenvalue weighted by Gasteiger charge is -2.10. The lowest BCUT2D eigenvalue weighted by atomic mass is 10.1. The monoisotopic (exact) mass is 488 g/mol. The maximum Gasteiger partial charge on any atom is 0.193 e. The Balaban J connectivity index is 1.32. The fourth-order valence-corrected chi connectivity index (χ4v) is 4.59. The molecular weight excluding hydrogens is 464 g/mol. The van der Waals surface area contributed by atoms with E-state index in [4.69, 9.17) is 19.2 Å². The topological polar surface area (TPSA) is 82.2 Å². The van der Waals surface area contributed by atoms with Crippen molar-refractivity contribution in [3.63, 3.8) is 0 Å². The van der Waals surface area contributed by atoms with Gasteiger partial charge in [0.25, 0.3) is 0 Å². The molecule has 0 aliphatic rings. The predicted molar refractivity (Wildman–Crippen MR) is 146 cm³/mol. The first-order valence-electron chi connectivity index (χ1n) is 11.9. The van der Waals surface area contributed by atoms with E-state index in [9.17, 15) is 4.79 Å². The highest BCUT2D eigenvalue weighted by atomic mass is 16.5. The number of benzene rings is 3. The number of para-hydroxylation sites is 1. The molecule has 7 nitrogen and oxygen atoms in total. The number of hydrogen-bond donors (Lipinski definition) is 1. The molecule has 37 heavy (non-hydrogen) atoms. The summed E-state index contributed by atoms with van der Waals surface area (Å²) in [4.78, 5) is 17.6. The Bertz CT molecular complexity index is 1820. The van der Waals surface area contributed by atoms with Gasteiger partial charge in [0.2, 0.25) is 0 Å². The van der Waals surface area contributed by atoms with E-state index in [1.807, 2.05) is 72.3 Å². The van der Waals surface area contributed by atoms with E-state index < -0.39 is 0 Å². The van der Waals surface area contributed by atoms with Gasteiger partial charge in [-0.25, -0.2) is 9.67 Å². The van der Waals surface area contributed by atoms with Crippen molar-refractivity contribution in [1.82, 2.24) is 14.8 Å². The van der Waals surface area contributed by atoms with Crippen molar-refractivity contribution in [2.75, 3.05) is 12.4 Å². The summed E-state index contributed by atoms with van der Waals surface area (Å²) in [5, 5.41) is 9.67. The normalized spacial score (nSPS) is 11.2. The van der Waals surface area contributed by atoms with Gasteiger partial charge in [-0.15, -0.1) is 0 Å². The second-order valence-electron chi connectivity index (χ2n) is 8.90.